The molecule has 0 spiro atoms. The van der Waals surface area contributed by atoms with E-state index in [2.05, 4.69) is 29.0 Å². The molecule has 2 heterocycles. The topological polar surface area (TPSA) is 80.3 Å². The molecule has 1 unspecified atom stereocenters. The van der Waals surface area contributed by atoms with E-state index < -0.39 is 0 Å². The standard InChI is InChI=1S/C10H18N6O/c1-8-5-14(2)3-4-16(8)9(17)6-15-7-12-10(11)13-15/h7-8H,3-6H2,1-2H3,(H2,11,13). The number of rotatable bonds is 2. The van der Waals surface area contributed by atoms with Crippen LogP contribution >= 0.6 is 0 Å². The van der Waals surface area contributed by atoms with E-state index in [-0.39, 0.29) is 24.4 Å². The van der Waals surface area contributed by atoms with Crippen LogP contribution in [0.5, 0.6) is 0 Å². The van der Waals surface area contributed by atoms with Crippen LogP contribution in [0.3, 0.4) is 0 Å². The number of carbonyl (C=O) groups excluding carboxylic acids is 1. The normalized spacial score (nSPS) is 21.8. The summed E-state index contributed by atoms with van der Waals surface area (Å²) in [5, 5.41) is 3.91. The van der Waals surface area contributed by atoms with Gasteiger partial charge in [-0.1, -0.05) is 0 Å². The summed E-state index contributed by atoms with van der Waals surface area (Å²) in [6.07, 6.45) is 1.48. The molecule has 7 nitrogen and oxygen atoms in total. The van der Waals surface area contributed by atoms with Crippen LogP contribution in [0.2, 0.25) is 0 Å². The predicted octanol–water partition coefficient (Wildman–Crippen LogP) is -0.977. The fraction of sp³-hybridized carbons (Fsp3) is 0.700. The fourth-order valence-corrected chi connectivity index (χ4v) is 2.12. The summed E-state index contributed by atoms with van der Waals surface area (Å²) < 4.78 is 1.47. The molecule has 1 aromatic heterocycles. The smallest absolute Gasteiger partial charge is 0.244 e. The van der Waals surface area contributed by atoms with Gasteiger partial charge in [-0.15, -0.1) is 5.10 Å². The molecule has 1 aromatic rings. The summed E-state index contributed by atoms with van der Waals surface area (Å²) in [5.41, 5.74) is 5.40. The van der Waals surface area contributed by atoms with Gasteiger partial charge in [0.05, 0.1) is 0 Å². The van der Waals surface area contributed by atoms with Crippen LogP contribution in [-0.2, 0) is 11.3 Å². The maximum absolute atomic E-state index is 12.1. The number of piperazine rings is 1. The average Bonchev–Trinajstić information content (AvgIpc) is 2.63. The number of likely N-dealkylation sites (N-methyl/N-ethyl adjacent to an activating group) is 1. The van der Waals surface area contributed by atoms with E-state index in [1.54, 1.807) is 0 Å². The second-order valence-corrected chi connectivity index (χ2v) is 4.50. The number of hydrogen-bond acceptors (Lipinski definition) is 5. The first-order valence-corrected chi connectivity index (χ1v) is 5.69. The molecular weight excluding hydrogens is 220 g/mol. The monoisotopic (exact) mass is 238 g/mol. The van der Waals surface area contributed by atoms with E-state index in [1.165, 1.54) is 11.0 Å². The maximum Gasteiger partial charge on any atom is 0.244 e. The first-order chi connectivity index (χ1) is 8.06. The number of carbonyl (C=O) groups is 1. The van der Waals surface area contributed by atoms with Crippen LogP contribution in [0.4, 0.5) is 5.95 Å². The van der Waals surface area contributed by atoms with Crippen LogP contribution in [0, 0.1) is 0 Å². The predicted molar refractivity (Wildman–Crippen MR) is 63.1 cm³/mol. The Morgan fingerprint density at radius 1 is 1.59 bits per heavy atom. The molecule has 0 saturated carbocycles. The second-order valence-electron chi connectivity index (χ2n) is 4.50. The van der Waals surface area contributed by atoms with Crippen molar-refractivity contribution in [3.63, 3.8) is 0 Å². The van der Waals surface area contributed by atoms with E-state index in [4.69, 9.17) is 5.73 Å². The van der Waals surface area contributed by atoms with Crippen molar-refractivity contribution in [3.8, 4) is 0 Å². The van der Waals surface area contributed by atoms with Crippen LogP contribution in [0.15, 0.2) is 6.33 Å². The summed E-state index contributed by atoms with van der Waals surface area (Å²) in [4.78, 5) is 20.0. The minimum absolute atomic E-state index is 0.0653. The zero-order valence-electron chi connectivity index (χ0n) is 10.2. The Bertz CT molecular complexity index is 403. The van der Waals surface area contributed by atoms with Crippen LogP contribution in [0.25, 0.3) is 0 Å². The molecule has 2 N–H and O–H groups in total. The highest BCUT2D eigenvalue weighted by atomic mass is 16.2. The Morgan fingerprint density at radius 2 is 2.35 bits per heavy atom. The zero-order valence-corrected chi connectivity index (χ0v) is 10.2. The molecule has 0 aromatic carbocycles. The summed E-state index contributed by atoms with van der Waals surface area (Å²) >= 11 is 0. The highest BCUT2D eigenvalue weighted by Crippen LogP contribution is 2.08. The number of nitrogen functional groups attached to an aromatic ring is 1. The van der Waals surface area contributed by atoms with Gasteiger partial charge in [0.15, 0.2) is 0 Å². The molecule has 2 rings (SSSR count). The van der Waals surface area contributed by atoms with E-state index >= 15 is 0 Å². The van der Waals surface area contributed by atoms with Gasteiger partial charge in [-0.3, -0.25) is 4.79 Å². The molecule has 1 aliphatic rings. The van der Waals surface area contributed by atoms with Crippen molar-refractivity contribution in [2.24, 2.45) is 0 Å². The molecule has 0 aliphatic carbocycles. The fourth-order valence-electron chi connectivity index (χ4n) is 2.12. The van der Waals surface area contributed by atoms with Gasteiger partial charge in [0, 0.05) is 25.7 Å². The van der Waals surface area contributed by atoms with Gasteiger partial charge in [0.25, 0.3) is 0 Å². The Morgan fingerprint density at radius 3 is 2.94 bits per heavy atom. The zero-order chi connectivity index (χ0) is 12.4. The number of nitrogens with two attached hydrogens (primary N) is 1. The molecule has 0 radical (unpaired) electrons. The number of nitrogens with zero attached hydrogens (tertiary/aromatic N) is 5. The quantitative estimate of drug-likeness (QED) is 0.716. The van der Waals surface area contributed by atoms with Gasteiger partial charge in [-0.25, -0.2) is 9.67 Å². The van der Waals surface area contributed by atoms with E-state index in [9.17, 15) is 4.79 Å². The highest BCUT2D eigenvalue weighted by molar-refractivity contribution is 5.76. The minimum Gasteiger partial charge on any atom is -0.367 e. The Kier molecular flexibility index (Phi) is 3.28. The third-order valence-electron chi connectivity index (χ3n) is 3.00. The molecular formula is C10H18N6O. The lowest BCUT2D eigenvalue weighted by molar-refractivity contribution is -0.136. The summed E-state index contributed by atoms with van der Waals surface area (Å²) in [7, 11) is 2.07. The minimum atomic E-state index is 0.0653. The van der Waals surface area contributed by atoms with Crippen molar-refractivity contribution >= 4 is 11.9 Å². The lowest BCUT2D eigenvalue weighted by Crippen LogP contribution is -2.53. The van der Waals surface area contributed by atoms with E-state index in [0.717, 1.165) is 19.6 Å². The van der Waals surface area contributed by atoms with Crippen molar-refractivity contribution in [1.82, 2.24) is 24.6 Å². The molecule has 1 atom stereocenters. The highest BCUT2D eigenvalue weighted by Gasteiger charge is 2.25. The van der Waals surface area contributed by atoms with Crippen molar-refractivity contribution in [1.29, 1.82) is 0 Å². The first kappa shape index (κ1) is 11.8. The van der Waals surface area contributed by atoms with Gasteiger partial charge in [-0.05, 0) is 14.0 Å². The average molecular weight is 238 g/mol. The third kappa shape index (κ3) is 2.73. The van der Waals surface area contributed by atoms with Gasteiger partial charge >= 0.3 is 0 Å². The van der Waals surface area contributed by atoms with E-state index in [0.29, 0.717) is 0 Å². The van der Waals surface area contributed by atoms with Crippen molar-refractivity contribution < 1.29 is 4.79 Å². The molecule has 1 fully saturated rings. The summed E-state index contributed by atoms with van der Waals surface area (Å²) in [6, 6.07) is 0.238. The van der Waals surface area contributed by atoms with Gasteiger partial charge in [0.2, 0.25) is 11.9 Å². The molecule has 1 amide bonds. The van der Waals surface area contributed by atoms with Crippen LogP contribution in [-0.4, -0.2) is 63.2 Å². The Hall–Kier alpha value is -1.63. The summed E-state index contributed by atoms with van der Waals surface area (Å²) in [6.45, 7) is 4.85. The lowest BCUT2D eigenvalue weighted by Gasteiger charge is -2.38. The molecule has 17 heavy (non-hydrogen) atoms. The second kappa shape index (κ2) is 4.70. The number of hydrogen-bond donors (Lipinski definition) is 1. The van der Waals surface area contributed by atoms with Gasteiger partial charge in [0.1, 0.15) is 12.9 Å². The largest absolute Gasteiger partial charge is 0.367 e. The van der Waals surface area contributed by atoms with Crippen LogP contribution in [0.1, 0.15) is 6.92 Å². The van der Waals surface area contributed by atoms with Gasteiger partial charge in [-0.2, -0.15) is 0 Å². The molecule has 1 aliphatic heterocycles. The third-order valence-corrected chi connectivity index (χ3v) is 3.00. The SMILES string of the molecule is CC1CN(C)CCN1C(=O)Cn1cnc(N)n1. The number of amides is 1. The van der Waals surface area contributed by atoms with Crippen LogP contribution < -0.4 is 5.73 Å². The Balaban J connectivity index is 1.96. The van der Waals surface area contributed by atoms with Crippen molar-refractivity contribution in [2.75, 3.05) is 32.4 Å². The number of anilines is 1. The molecule has 1 saturated heterocycles. The van der Waals surface area contributed by atoms with Crippen molar-refractivity contribution in [2.45, 2.75) is 19.5 Å². The van der Waals surface area contributed by atoms with Gasteiger partial charge < -0.3 is 15.5 Å². The summed E-state index contributed by atoms with van der Waals surface area (Å²) in [5.74, 6) is 0.264. The number of aromatic nitrogens is 3. The first-order valence-electron chi connectivity index (χ1n) is 5.69. The van der Waals surface area contributed by atoms with E-state index in [1.807, 2.05) is 4.90 Å². The molecule has 0 bridgehead atoms. The molecule has 94 valence electrons. The lowest BCUT2D eigenvalue weighted by atomic mass is 10.2. The van der Waals surface area contributed by atoms with Crippen molar-refractivity contribution in [3.05, 3.63) is 6.33 Å². The Labute approximate surface area is 100 Å². The molecule has 7 heteroatoms. The maximum atomic E-state index is 12.1.